The number of carboxylic acid groups (broad SMARTS) is 2. The van der Waals surface area contributed by atoms with Crippen LogP contribution in [0.5, 0.6) is 5.75 Å². The van der Waals surface area contributed by atoms with Gasteiger partial charge in [0.2, 0.25) is 0 Å². The van der Waals surface area contributed by atoms with Crippen LogP contribution in [0.4, 0.5) is 0 Å². The molecule has 39 heavy (non-hydrogen) atoms. The van der Waals surface area contributed by atoms with E-state index >= 15 is 0 Å². The van der Waals surface area contributed by atoms with E-state index in [0.717, 1.165) is 43.4 Å². The van der Waals surface area contributed by atoms with Gasteiger partial charge >= 0.3 is 11.9 Å². The molecule has 1 spiro atoms. The normalized spacial score (nSPS) is 17.9. The zero-order chi connectivity index (χ0) is 28.2. The minimum absolute atomic E-state index is 0.0561. The summed E-state index contributed by atoms with van der Waals surface area (Å²) in [6, 6.07) is 7.51. The van der Waals surface area contributed by atoms with Gasteiger partial charge in [-0.05, 0) is 57.9 Å². The molecule has 1 aliphatic carbocycles. The second-order valence-corrected chi connectivity index (χ2v) is 10.8. The Kier molecular flexibility index (Phi) is 8.91. The number of rotatable bonds is 7. The molecule has 3 heterocycles. The van der Waals surface area contributed by atoms with E-state index in [2.05, 4.69) is 16.5 Å². The van der Waals surface area contributed by atoms with Crippen molar-refractivity contribution in [3.8, 4) is 5.75 Å². The third-order valence-electron chi connectivity index (χ3n) is 7.23. The van der Waals surface area contributed by atoms with Crippen LogP contribution in [0.25, 0.3) is 0 Å². The van der Waals surface area contributed by atoms with Crippen molar-refractivity contribution in [2.75, 3.05) is 33.3 Å². The Hall–Kier alpha value is -3.44. The maximum absolute atomic E-state index is 13.2. The number of likely N-dealkylation sites (tertiary alicyclic amines) is 1. The van der Waals surface area contributed by atoms with E-state index in [4.69, 9.17) is 34.3 Å². The molecule has 1 aromatic carbocycles. The van der Waals surface area contributed by atoms with Crippen LogP contribution in [-0.4, -0.2) is 86.8 Å². The van der Waals surface area contributed by atoms with Gasteiger partial charge < -0.3 is 34.1 Å². The molecule has 0 bridgehead atoms. The Bertz CT molecular complexity index is 1170. The van der Waals surface area contributed by atoms with Gasteiger partial charge in [0, 0.05) is 57.3 Å². The summed E-state index contributed by atoms with van der Waals surface area (Å²) in [6.07, 6.45) is 6.40. The van der Waals surface area contributed by atoms with Crippen molar-refractivity contribution in [3.05, 3.63) is 47.5 Å². The van der Waals surface area contributed by atoms with Crippen LogP contribution in [0.3, 0.4) is 0 Å². The van der Waals surface area contributed by atoms with E-state index < -0.39 is 11.9 Å². The molecule has 2 N–H and O–H groups in total. The van der Waals surface area contributed by atoms with E-state index in [1.54, 1.807) is 0 Å². The number of piperidine rings is 1. The minimum atomic E-state index is -1.82. The first kappa shape index (κ1) is 28.6. The molecule has 2 aliphatic heterocycles. The topological polar surface area (TPSA) is 134 Å². The maximum Gasteiger partial charge on any atom is 0.414 e. The van der Waals surface area contributed by atoms with Crippen molar-refractivity contribution in [3.63, 3.8) is 0 Å². The van der Waals surface area contributed by atoms with Gasteiger partial charge in [0.1, 0.15) is 17.2 Å². The molecular weight excluding hydrogens is 504 g/mol. The van der Waals surface area contributed by atoms with Gasteiger partial charge in [0.05, 0.1) is 18.4 Å². The molecule has 5 rings (SSSR count). The molecule has 2 aromatic rings. The van der Waals surface area contributed by atoms with Crippen LogP contribution in [0, 0.1) is 5.92 Å². The van der Waals surface area contributed by atoms with Gasteiger partial charge in [-0.15, -0.1) is 0 Å². The van der Waals surface area contributed by atoms with E-state index in [9.17, 15) is 4.79 Å². The highest BCUT2D eigenvalue weighted by molar-refractivity contribution is 6.27. The molecular formula is C28H38N4O7. The second-order valence-electron chi connectivity index (χ2n) is 10.8. The smallest absolute Gasteiger partial charge is 0.414 e. The second kappa shape index (κ2) is 12.2. The van der Waals surface area contributed by atoms with Crippen LogP contribution in [0.2, 0.25) is 0 Å². The summed E-state index contributed by atoms with van der Waals surface area (Å²) in [6.45, 7) is 8.96. The minimum Gasteiger partial charge on any atom is -0.491 e. The summed E-state index contributed by atoms with van der Waals surface area (Å²) in [7, 11) is 2.21. The first-order valence-electron chi connectivity index (χ1n) is 13.5. The van der Waals surface area contributed by atoms with Crippen LogP contribution in [0.15, 0.2) is 30.5 Å². The van der Waals surface area contributed by atoms with Gasteiger partial charge in [-0.1, -0.05) is 6.07 Å². The summed E-state index contributed by atoms with van der Waals surface area (Å²) in [4.78, 5) is 40.6. The summed E-state index contributed by atoms with van der Waals surface area (Å²) < 4.78 is 14.5. The molecule has 1 amide bonds. The van der Waals surface area contributed by atoms with Gasteiger partial charge in [-0.2, -0.15) is 0 Å². The summed E-state index contributed by atoms with van der Waals surface area (Å²) >= 11 is 0. The first-order valence-corrected chi connectivity index (χ1v) is 13.5. The van der Waals surface area contributed by atoms with Crippen molar-refractivity contribution in [1.29, 1.82) is 0 Å². The van der Waals surface area contributed by atoms with E-state index in [1.807, 2.05) is 49.2 Å². The molecule has 212 valence electrons. The molecule has 1 saturated heterocycles. The van der Waals surface area contributed by atoms with Gasteiger partial charge in [-0.3, -0.25) is 4.79 Å². The first-order chi connectivity index (χ1) is 18.6. The molecule has 0 radical (unpaired) electrons. The zero-order valence-electron chi connectivity index (χ0n) is 22.8. The highest BCUT2D eigenvalue weighted by Gasteiger charge is 2.44. The largest absolute Gasteiger partial charge is 0.491 e. The van der Waals surface area contributed by atoms with Gasteiger partial charge in [-0.25, -0.2) is 14.6 Å². The Morgan fingerprint density at radius 1 is 1.15 bits per heavy atom. The summed E-state index contributed by atoms with van der Waals surface area (Å²) in [5.74, 6) is -0.928. The molecule has 11 heteroatoms. The van der Waals surface area contributed by atoms with Crippen LogP contribution < -0.4 is 4.74 Å². The highest BCUT2D eigenvalue weighted by atomic mass is 16.5. The van der Waals surface area contributed by atoms with E-state index in [-0.39, 0.29) is 17.6 Å². The number of ether oxygens (including phenoxy) is 2. The number of aromatic nitrogens is 2. The average molecular weight is 543 g/mol. The summed E-state index contributed by atoms with van der Waals surface area (Å²) in [5, 5.41) is 14.8. The molecule has 1 saturated carbocycles. The fourth-order valence-electron chi connectivity index (χ4n) is 5.23. The highest BCUT2D eigenvalue weighted by Crippen LogP contribution is 2.39. The van der Waals surface area contributed by atoms with E-state index in [1.165, 1.54) is 25.1 Å². The van der Waals surface area contributed by atoms with E-state index in [0.29, 0.717) is 25.3 Å². The van der Waals surface area contributed by atoms with Crippen molar-refractivity contribution in [2.24, 2.45) is 5.92 Å². The fourth-order valence-corrected chi connectivity index (χ4v) is 5.23. The van der Waals surface area contributed by atoms with Crippen molar-refractivity contribution >= 4 is 17.8 Å². The van der Waals surface area contributed by atoms with Gasteiger partial charge in [0.15, 0.2) is 0 Å². The number of fused-ring (bicyclic) bond motifs is 2. The van der Waals surface area contributed by atoms with Crippen molar-refractivity contribution < 1.29 is 34.1 Å². The number of hydrogen-bond acceptors (Lipinski definition) is 7. The number of nitrogens with zero attached hydrogens (tertiary/aromatic N) is 4. The average Bonchev–Trinajstić information content (AvgIpc) is 3.61. The monoisotopic (exact) mass is 542 g/mol. The molecule has 1 aromatic heterocycles. The predicted octanol–water partition coefficient (Wildman–Crippen LogP) is 2.83. The molecule has 0 unspecified atom stereocenters. The van der Waals surface area contributed by atoms with Gasteiger partial charge in [0.25, 0.3) is 5.91 Å². The molecule has 0 atom stereocenters. The number of aliphatic carboxylic acids is 2. The Morgan fingerprint density at radius 2 is 1.85 bits per heavy atom. The standard InChI is InChI=1S/C26H36N4O3.C2H2O4/c1-19(2)33-23-6-4-5-21(15-23)24(31)29-11-9-26(10-12-29)25-27-16-22(30(25)13-14-32-26)18-28(3)17-20-7-8-20;3-1(4)2(5)6/h4-6,15-16,19-20H,7-14,17-18H2,1-3H3;(H,3,4)(H,5,6). The Balaban J connectivity index is 0.000000531. The third kappa shape index (κ3) is 7.15. The number of carbonyl (C=O) groups excluding carboxylic acids is 1. The predicted molar refractivity (Wildman–Crippen MR) is 142 cm³/mol. The lowest BCUT2D eigenvalue weighted by atomic mass is 9.89. The van der Waals surface area contributed by atoms with Crippen LogP contribution >= 0.6 is 0 Å². The lowest BCUT2D eigenvalue weighted by Crippen LogP contribution is -2.49. The lowest BCUT2D eigenvalue weighted by molar-refractivity contribution is -0.159. The SMILES string of the molecule is CC(C)Oc1cccc(C(=O)N2CCC3(CC2)OCCn2c(CN(C)CC4CC4)cnc23)c1.O=C(O)C(=O)O. The Morgan fingerprint density at radius 3 is 2.46 bits per heavy atom. The maximum atomic E-state index is 13.2. The number of hydrogen-bond donors (Lipinski definition) is 2. The fraction of sp³-hybridized carbons (Fsp3) is 0.571. The number of carbonyl (C=O) groups is 3. The number of imidazole rings is 1. The van der Waals surface area contributed by atoms with Crippen LogP contribution in [-0.2, 0) is 33.0 Å². The van der Waals surface area contributed by atoms with Crippen molar-refractivity contribution in [1.82, 2.24) is 19.4 Å². The quantitative estimate of drug-likeness (QED) is 0.507. The number of carboxylic acids is 2. The number of benzene rings is 1. The zero-order valence-corrected chi connectivity index (χ0v) is 22.8. The van der Waals surface area contributed by atoms with Crippen molar-refractivity contribution in [2.45, 2.75) is 64.3 Å². The molecule has 11 nitrogen and oxygen atoms in total. The lowest BCUT2D eigenvalue weighted by Gasteiger charge is -2.43. The summed E-state index contributed by atoms with van der Waals surface area (Å²) in [5.41, 5.74) is 1.57. The third-order valence-corrected chi connectivity index (χ3v) is 7.23. The van der Waals surface area contributed by atoms with Crippen LogP contribution in [0.1, 0.15) is 61.4 Å². The molecule has 3 aliphatic rings. The number of amides is 1. The Labute approximate surface area is 228 Å². The molecule has 2 fully saturated rings.